The molecule has 21 heavy (non-hydrogen) atoms. The zero-order chi connectivity index (χ0) is 15.6. The van der Waals surface area contributed by atoms with Crippen molar-refractivity contribution in [1.82, 2.24) is 5.32 Å². The van der Waals surface area contributed by atoms with Gasteiger partial charge in [0.25, 0.3) is 11.6 Å². The topological polar surface area (TPSA) is 72.2 Å². The molecule has 1 N–H and O–H groups in total. The number of benzene rings is 1. The molecule has 1 aliphatic carbocycles. The van der Waals surface area contributed by atoms with Gasteiger partial charge in [-0.15, -0.1) is 0 Å². The molecule has 6 heteroatoms. The Bertz CT molecular complexity index is 562. The summed E-state index contributed by atoms with van der Waals surface area (Å²) in [5, 5.41) is 14.0. The Hall–Kier alpha value is -1.62. The third-order valence-electron chi connectivity index (χ3n) is 4.47. The highest BCUT2D eigenvalue weighted by Crippen LogP contribution is 2.34. The first-order chi connectivity index (χ1) is 9.93. The minimum atomic E-state index is -0.529. The summed E-state index contributed by atoms with van der Waals surface area (Å²) in [7, 11) is 0. The third kappa shape index (κ3) is 3.35. The number of nitrogens with one attached hydrogen (secondary N) is 1. The molecule has 114 valence electrons. The second-order valence-electron chi connectivity index (χ2n) is 5.61. The average Bonchev–Trinajstić information content (AvgIpc) is 2.79. The van der Waals surface area contributed by atoms with Crippen molar-refractivity contribution in [2.24, 2.45) is 11.8 Å². The number of hydrogen-bond donors (Lipinski definition) is 1. The molecule has 0 heterocycles. The molecule has 2 rings (SSSR count). The Kier molecular flexibility index (Phi) is 4.83. The molecule has 1 saturated carbocycles. The SMILES string of the molecule is CCC1CCC(NC(=O)c2cc([N+](=O)[O-])ccc2Cl)C1C. The maximum Gasteiger partial charge on any atom is 0.270 e. The van der Waals surface area contributed by atoms with E-state index in [4.69, 9.17) is 11.6 Å². The van der Waals surface area contributed by atoms with E-state index in [1.54, 1.807) is 0 Å². The number of rotatable bonds is 4. The molecule has 1 amide bonds. The molecule has 5 nitrogen and oxygen atoms in total. The van der Waals surface area contributed by atoms with Crippen molar-refractivity contribution in [2.75, 3.05) is 0 Å². The number of non-ortho nitro benzene ring substituents is 1. The van der Waals surface area contributed by atoms with Crippen LogP contribution < -0.4 is 5.32 Å². The Balaban J connectivity index is 2.14. The number of halogens is 1. The molecular formula is C15H19ClN2O3. The normalized spacial score (nSPS) is 24.8. The van der Waals surface area contributed by atoms with Gasteiger partial charge in [0.2, 0.25) is 0 Å². The molecule has 3 atom stereocenters. The molecule has 0 aliphatic heterocycles. The Morgan fingerprint density at radius 3 is 2.76 bits per heavy atom. The number of hydrogen-bond acceptors (Lipinski definition) is 3. The summed E-state index contributed by atoms with van der Waals surface area (Å²) in [4.78, 5) is 22.6. The second-order valence-corrected chi connectivity index (χ2v) is 6.01. The highest BCUT2D eigenvalue weighted by molar-refractivity contribution is 6.33. The lowest BCUT2D eigenvalue weighted by molar-refractivity contribution is -0.384. The Morgan fingerprint density at radius 2 is 2.19 bits per heavy atom. The lowest BCUT2D eigenvalue weighted by Crippen LogP contribution is -2.37. The fourth-order valence-corrected chi connectivity index (χ4v) is 3.28. The standard InChI is InChI=1S/C15H19ClN2O3/c1-3-10-4-7-14(9(10)2)17-15(19)12-8-11(18(20)21)5-6-13(12)16/h5-6,8-10,14H,3-4,7H2,1-2H3,(H,17,19). The molecule has 0 aromatic heterocycles. The quantitative estimate of drug-likeness (QED) is 0.679. The van der Waals surface area contributed by atoms with Gasteiger partial charge in [-0.25, -0.2) is 0 Å². The second kappa shape index (κ2) is 6.43. The maximum absolute atomic E-state index is 12.3. The van der Waals surface area contributed by atoms with Crippen LogP contribution in [0.25, 0.3) is 0 Å². The van der Waals surface area contributed by atoms with Gasteiger partial charge in [0.05, 0.1) is 15.5 Å². The van der Waals surface area contributed by atoms with Crippen molar-refractivity contribution in [3.63, 3.8) is 0 Å². The van der Waals surface area contributed by atoms with Crippen LogP contribution in [0.4, 0.5) is 5.69 Å². The molecule has 0 radical (unpaired) electrons. The summed E-state index contributed by atoms with van der Waals surface area (Å²) in [6, 6.07) is 4.03. The van der Waals surface area contributed by atoms with E-state index in [0.29, 0.717) is 11.8 Å². The van der Waals surface area contributed by atoms with E-state index < -0.39 is 4.92 Å². The van der Waals surface area contributed by atoms with Gasteiger partial charge in [0, 0.05) is 18.2 Å². The van der Waals surface area contributed by atoms with Crippen LogP contribution in [-0.4, -0.2) is 16.9 Å². The number of amides is 1. The summed E-state index contributed by atoms with van der Waals surface area (Å²) in [5.41, 5.74) is 0.0356. The maximum atomic E-state index is 12.3. The molecule has 3 unspecified atom stereocenters. The van der Waals surface area contributed by atoms with Gasteiger partial charge in [0.15, 0.2) is 0 Å². The minimum Gasteiger partial charge on any atom is -0.349 e. The summed E-state index contributed by atoms with van der Waals surface area (Å²) >= 11 is 5.99. The van der Waals surface area contributed by atoms with E-state index in [-0.39, 0.29) is 28.2 Å². The van der Waals surface area contributed by atoms with Crippen LogP contribution in [0, 0.1) is 22.0 Å². The van der Waals surface area contributed by atoms with Gasteiger partial charge in [0.1, 0.15) is 0 Å². The van der Waals surface area contributed by atoms with Crippen molar-refractivity contribution < 1.29 is 9.72 Å². The largest absolute Gasteiger partial charge is 0.349 e. The summed E-state index contributed by atoms with van der Waals surface area (Å²) in [5.74, 6) is 0.699. The first kappa shape index (κ1) is 15.8. The van der Waals surface area contributed by atoms with E-state index in [9.17, 15) is 14.9 Å². The fourth-order valence-electron chi connectivity index (χ4n) is 3.07. The van der Waals surface area contributed by atoms with Crippen molar-refractivity contribution >= 4 is 23.2 Å². The molecule has 0 saturated heterocycles. The van der Waals surface area contributed by atoms with Crippen LogP contribution >= 0.6 is 11.6 Å². The summed E-state index contributed by atoms with van der Waals surface area (Å²) < 4.78 is 0. The van der Waals surface area contributed by atoms with Crippen molar-refractivity contribution in [3.05, 3.63) is 38.9 Å². The zero-order valence-corrected chi connectivity index (χ0v) is 12.9. The van der Waals surface area contributed by atoms with E-state index in [1.807, 2.05) is 0 Å². The first-order valence-electron chi connectivity index (χ1n) is 7.18. The number of nitro benzene ring substituents is 1. The van der Waals surface area contributed by atoms with Crippen molar-refractivity contribution in [2.45, 2.75) is 39.2 Å². The smallest absolute Gasteiger partial charge is 0.270 e. The van der Waals surface area contributed by atoms with Crippen LogP contribution in [0.5, 0.6) is 0 Å². The molecule has 0 spiro atoms. The van der Waals surface area contributed by atoms with E-state index in [1.165, 1.54) is 18.2 Å². The molecule has 1 aromatic rings. The Morgan fingerprint density at radius 1 is 1.48 bits per heavy atom. The van der Waals surface area contributed by atoms with Crippen LogP contribution in [0.2, 0.25) is 5.02 Å². The fraction of sp³-hybridized carbons (Fsp3) is 0.533. The number of nitro groups is 1. The highest BCUT2D eigenvalue weighted by Gasteiger charge is 2.33. The number of carbonyl (C=O) groups is 1. The van der Waals surface area contributed by atoms with Crippen LogP contribution in [-0.2, 0) is 0 Å². The van der Waals surface area contributed by atoms with Crippen LogP contribution in [0.15, 0.2) is 18.2 Å². The van der Waals surface area contributed by atoms with Crippen molar-refractivity contribution in [1.29, 1.82) is 0 Å². The summed E-state index contributed by atoms with van der Waals surface area (Å²) in [6.07, 6.45) is 3.15. The monoisotopic (exact) mass is 310 g/mol. The van der Waals surface area contributed by atoms with Gasteiger partial charge in [-0.05, 0) is 30.7 Å². The lowest BCUT2D eigenvalue weighted by Gasteiger charge is -2.21. The van der Waals surface area contributed by atoms with Gasteiger partial charge < -0.3 is 5.32 Å². The van der Waals surface area contributed by atoms with Crippen molar-refractivity contribution in [3.8, 4) is 0 Å². The lowest BCUT2D eigenvalue weighted by atomic mass is 9.93. The first-order valence-corrected chi connectivity index (χ1v) is 7.56. The predicted molar refractivity (Wildman–Crippen MR) is 81.5 cm³/mol. The third-order valence-corrected chi connectivity index (χ3v) is 4.80. The van der Waals surface area contributed by atoms with E-state index in [0.717, 1.165) is 19.3 Å². The van der Waals surface area contributed by atoms with Crippen LogP contribution in [0.1, 0.15) is 43.5 Å². The van der Waals surface area contributed by atoms with E-state index in [2.05, 4.69) is 19.2 Å². The number of nitrogens with zero attached hydrogens (tertiary/aromatic N) is 1. The van der Waals surface area contributed by atoms with Gasteiger partial charge in [-0.2, -0.15) is 0 Å². The van der Waals surface area contributed by atoms with Gasteiger partial charge in [-0.1, -0.05) is 31.9 Å². The van der Waals surface area contributed by atoms with Crippen LogP contribution in [0.3, 0.4) is 0 Å². The average molecular weight is 311 g/mol. The minimum absolute atomic E-state index is 0.109. The van der Waals surface area contributed by atoms with Gasteiger partial charge >= 0.3 is 0 Å². The predicted octanol–water partition coefficient (Wildman–Crippen LogP) is 3.80. The van der Waals surface area contributed by atoms with Gasteiger partial charge in [-0.3, -0.25) is 14.9 Å². The molecular weight excluding hydrogens is 292 g/mol. The highest BCUT2D eigenvalue weighted by atomic mass is 35.5. The molecule has 1 aliphatic rings. The Labute approximate surface area is 128 Å². The van der Waals surface area contributed by atoms with E-state index >= 15 is 0 Å². The number of carbonyl (C=O) groups excluding carboxylic acids is 1. The zero-order valence-electron chi connectivity index (χ0n) is 12.1. The molecule has 1 fully saturated rings. The summed E-state index contributed by atoms with van der Waals surface area (Å²) in [6.45, 7) is 4.30. The molecule has 0 bridgehead atoms. The molecule has 1 aromatic carbocycles.